The third kappa shape index (κ3) is 5.34. The first-order valence-electron chi connectivity index (χ1n) is 6.60. The molecule has 0 aliphatic heterocycles. The SMILES string of the molecule is Cc1cc(NCCNC(=O)OC(C)(C)C)cc(C)[n+]1[O-]. The number of alkyl carbamates (subject to hydrolysis) is 1. The third-order valence-electron chi connectivity index (χ3n) is 2.49. The lowest BCUT2D eigenvalue weighted by Crippen LogP contribution is -2.35. The molecule has 0 spiro atoms. The molecule has 0 radical (unpaired) electrons. The van der Waals surface area contributed by atoms with Gasteiger partial charge in [-0.2, -0.15) is 4.73 Å². The first-order valence-corrected chi connectivity index (χ1v) is 6.60. The average molecular weight is 281 g/mol. The molecule has 0 aliphatic rings. The second-order valence-corrected chi connectivity index (χ2v) is 5.68. The molecule has 1 rings (SSSR count). The summed E-state index contributed by atoms with van der Waals surface area (Å²) in [4.78, 5) is 11.4. The molecule has 0 aliphatic carbocycles. The number of anilines is 1. The predicted octanol–water partition coefficient (Wildman–Crippen LogP) is 1.87. The third-order valence-corrected chi connectivity index (χ3v) is 2.49. The summed E-state index contributed by atoms with van der Waals surface area (Å²) >= 11 is 0. The van der Waals surface area contributed by atoms with Crippen LogP contribution in [0.2, 0.25) is 0 Å². The van der Waals surface area contributed by atoms with Gasteiger partial charge in [0.2, 0.25) is 0 Å². The van der Waals surface area contributed by atoms with E-state index in [2.05, 4.69) is 10.6 Å². The van der Waals surface area contributed by atoms with Gasteiger partial charge in [0.25, 0.3) is 0 Å². The van der Waals surface area contributed by atoms with Crippen molar-refractivity contribution in [3.63, 3.8) is 0 Å². The number of ether oxygens (including phenoxy) is 1. The lowest BCUT2D eigenvalue weighted by molar-refractivity contribution is -0.618. The zero-order valence-corrected chi connectivity index (χ0v) is 12.7. The van der Waals surface area contributed by atoms with E-state index in [1.165, 1.54) is 0 Å². The van der Waals surface area contributed by atoms with Crippen molar-refractivity contribution in [2.45, 2.75) is 40.2 Å². The van der Waals surface area contributed by atoms with Gasteiger partial charge in [0.1, 0.15) is 5.60 Å². The number of amides is 1. The fraction of sp³-hybridized carbons (Fsp3) is 0.571. The lowest BCUT2D eigenvalue weighted by atomic mass is 10.2. The van der Waals surface area contributed by atoms with E-state index in [1.54, 1.807) is 26.0 Å². The molecule has 2 N–H and O–H groups in total. The van der Waals surface area contributed by atoms with Gasteiger partial charge in [-0.3, -0.25) is 0 Å². The molecule has 1 heterocycles. The number of rotatable bonds is 4. The fourth-order valence-corrected chi connectivity index (χ4v) is 1.67. The average Bonchev–Trinajstić information content (AvgIpc) is 2.29. The molecule has 1 amide bonds. The Balaban J connectivity index is 2.37. The minimum Gasteiger partial charge on any atom is -0.618 e. The molecule has 1 aromatic heterocycles. The van der Waals surface area contributed by atoms with E-state index >= 15 is 0 Å². The highest BCUT2D eigenvalue weighted by Gasteiger charge is 2.15. The van der Waals surface area contributed by atoms with Gasteiger partial charge >= 0.3 is 6.09 Å². The van der Waals surface area contributed by atoms with Gasteiger partial charge in [0.05, 0.1) is 0 Å². The summed E-state index contributed by atoms with van der Waals surface area (Å²) in [5.74, 6) is 0. The minimum absolute atomic E-state index is 0.433. The normalized spacial score (nSPS) is 11.1. The van der Waals surface area contributed by atoms with E-state index < -0.39 is 11.7 Å². The molecule has 1 aromatic rings. The van der Waals surface area contributed by atoms with Gasteiger partial charge in [-0.25, -0.2) is 4.79 Å². The van der Waals surface area contributed by atoms with E-state index in [0.717, 1.165) is 10.4 Å². The highest BCUT2D eigenvalue weighted by molar-refractivity contribution is 5.67. The molecular weight excluding hydrogens is 258 g/mol. The van der Waals surface area contributed by atoms with Gasteiger partial charge in [-0.1, -0.05) is 0 Å². The van der Waals surface area contributed by atoms with Gasteiger partial charge in [0.15, 0.2) is 11.4 Å². The Morgan fingerprint density at radius 2 is 1.80 bits per heavy atom. The van der Waals surface area contributed by atoms with Crippen molar-refractivity contribution >= 4 is 11.8 Å². The van der Waals surface area contributed by atoms with E-state index in [0.29, 0.717) is 24.5 Å². The highest BCUT2D eigenvalue weighted by atomic mass is 16.6. The van der Waals surface area contributed by atoms with Crippen LogP contribution in [0, 0.1) is 19.1 Å². The molecular formula is C14H23N3O3. The van der Waals surface area contributed by atoms with Crippen LogP contribution in [0.1, 0.15) is 32.2 Å². The highest BCUT2D eigenvalue weighted by Crippen LogP contribution is 2.08. The smallest absolute Gasteiger partial charge is 0.407 e. The summed E-state index contributed by atoms with van der Waals surface area (Å²) in [6.07, 6.45) is -0.433. The van der Waals surface area contributed by atoms with E-state index in [9.17, 15) is 10.0 Å². The molecule has 0 unspecified atom stereocenters. The second kappa shape index (κ2) is 6.45. The number of pyridine rings is 1. The van der Waals surface area contributed by atoms with Gasteiger partial charge in [0, 0.05) is 44.8 Å². The summed E-state index contributed by atoms with van der Waals surface area (Å²) in [5.41, 5.74) is 1.63. The first-order chi connectivity index (χ1) is 9.19. The van der Waals surface area contributed by atoms with Crippen molar-refractivity contribution in [2.75, 3.05) is 18.4 Å². The summed E-state index contributed by atoms with van der Waals surface area (Å²) in [6, 6.07) is 3.54. The van der Waals surface area contributed by atoms with Crippen LogP contribution in [0.15, 0.2) is 12.1 Å². The number of carbonyl (C=O) groups excluding carboxylic acids is 1. The van der Waals surface area contributed by atoms with Crippen molar-refractivity contribution < 1.29 is 14.3 Å². The number of nitrogens with zero attached hydrogens (tertiary/aromatic N) is 1. The second-order valence-electron chi connectivity index (χ2n) is 5.68. The van der Waals surface area contributed by atoms with Crippen molar-refractivity contribution in [2.24, 2.45) is 0 Å². The van der Waals surface area contributed by atoms with Gasteiger partial charge in [-0.15, -0.1) is 0 Å². The van der Waals surface area contributed by atoms with Crippen LogP contribution in [-0.4, -0.2) is 24.8 Å². The number of carbonyl (C=O) groups is 1. The first kappa shape index (κ1) is 16.1. The molecule has 0 atom stereocenters. The lowest BCUT2D eigenvalue weighted by Gasteiger charge is -2.19. The molecule has 0 bridgehead atoms. The Hall–Kier alpha value is -1.98. The van der Waals surface area contributed by atoms with Crippen molar-refractivity contribution in [3.8, 4) is 0 Å². The zero-order chi connectivity index (χ0) is 15.3. The number of hydrogen-bond acceptors (Lipinski definition) is 4. The number of hydrogen-bond donors (Lipinski definition) is 2. The van der Waals surface area contributed by atoms with Crippen LogP contribution in [-0.2, 0) is 4.74 Å². The Bertz CT molecular complexity index is 458. The van der Waals surface area contributed by atoms with Crippen LogP contribution in [0.4, 0.5) is 10.5 Å². The fourth-order valence-electron chi connectivity index (χ4n) is 1.67. The van der Waals surface area contributed by atoms with Crippen molar-refractivity contribution in [1.82, 2.24) is 5.32 Å². The van der Waals surface area contributed by atoms with Crippen molar-refractivity contribution in [3.05, 3.63) is 28.7 Å². The molecule has 6 heteroatoms. The summed E-state index contributed by atoms with van der Waals surface area (Å²) in [7, 11) is 0. The van der Waals surface area contributed by atoms with Gasteiger partial charge < -0.3 is 20.6 Å². The molecule has 0 saturated carbocycles. The van der Waals surface area contributed by atoms with E-state index in [4.69, 9.17) is 4.74 Å². The molecule has 6 nitrogen and oxygen atoms in total. The van der Waals surface area contributed by atoms with E-state index in [1.807, 2.05) is 20.8 Å². The molecule has 112 valence electrons. The van der Waals surface area contributed by atoms with Crippen LogP contribution < -0.4 is 15.4 Å². The Kier molecular flexibility index (Phi) is 5.19. The number of aryl methyl sites for hydroxylation is 2. The minimum atomic E-state index is -0.493. The molecule has 20 heavy (non-hydrogen) atoms. The maximum atomic E-state index is 11.5. The summed E-state index contributed by atoms with van der Waals surface area (Å²) < 4.78 is 6.00. The van der Waals surface area contributed by atoms with E-state index in [-0.39, 0.29) is 0 Å². The zero-order valence-electron chi connectivity index (χ0n) is 12.7. The van der Waals surface area contributed by atoms with Crippen LogP contribution >= 0.6 is 0 Å². The topological polar surface area (TPSA) is 77.3 Å². The predicted molar refractivity (Wildman–Crippen MR) is 77.6 cm³/mol. The standard InChI is InChI=1S/C14H23N3O3/c1-10-8-12(9-11(2)17(10)19)15-6-7-16-13(18)20-14(3,4)5/h8-9,15H,6-7H2,1-5H3,(H,16,18). The van der Waals surface area contributed by atoms with Crippen LogP contribution in [0.5, 0.6) is 0 Å². The molecule has 0 saturated heterocycles. The Morgan fingerprint density at radius 1 is 1.25 bits per heavy atom. The monoisotopic (exact) mass is 281 g/mol. The molecule has 0 aromatic carbocycles. The summed E-state index contributed by atoms with van der Waals surface area (Å²) in [5, 5.41) is 17.3. The van der Waals surface area contributed by atoms with Crippen molar-refractivity contribution in [1.29, 1.82) is 0 Å². The number of aromatic nitrogens is 1. The Labute approximate surface area is 119 Å². The van der Waals surface area contributed by atoms with Crippen LogP contribution in [0.25, 0.3) is 0 Å². The largest absolute Gasteiger partial charge is 0.618 e. The Morgan fingerprint density at radius 3 is 2.30 bits per heavy atom. The quantitative estimate of drug-likeness (QED) is 0.502. The number of nitrogens with one attached hydrogen (secondary N) is 2. The maximum Gasteiger partial charge on any atom is 0.407 e. The van der Waals surface area contributed by atoms with Gasteiger partial charge in [-0.05, 0) is 20.8 Å². The summed E-state index contributed by atoms with van der Waals surface area (Å²) in [6.45, 7) is 9.96. The maximum absolute atomic E-state index is 11.5. The van der Waals surface area contributed by atoms with Crippen LogP contribution in [0.3, 0.4) is 0 Å². The molecule has 0 fully saturated rings.